The predicted molar refractivity (Wildman–Crippen MR) is 46.5 cm³/mol. The first-order valence-electron chi connectivity index (χ1n) is 4.22. The van der Waals surface area contributed by atoms with Gasteiger partial charge in [-0.3, -0.25) is 14.8 Å². The monoisotopic (exact) mass is 253 g/mol. The van der Waals surface area contributed by atoms with Crippen LogP contribution in [0.4, 0.5) is 18.9 Å². The highest BCUT2D eigenvalue weighted by Crippen LogP contribution is 2.22. The van der Waals surface area contributed by atoms with Crippen LogP contribution < -0.4 is 0 Å². The Kier molecular flexibility index (Phi) is 3.34. The van der Waals surface area contributed by atoms with Gasteiger partial charge in [-0.1, -0.05) is 0 Å². The molecule has 0 unspecified atom stereocenters. The number of rotatable bonds is 4. The second-order valence-electron chi connectivity index (χ2n) is 3.05. The van der Waals surface area contributed by atoms with E-state index < -0.39 is 41.4 Å². The Morgan fingerprint density at radius 3 is 2.53 bits per heavy atom. The summed E-state index contributed by atoms with van der Waals surface area (Å²) >= 11 is 0. The minimum atomic E-state index is -4.44. The number of alkyl halides is 3. The average Bonchev–Trinajstić information content (AvgIpc) is 2.57. The van der Waals surface area contributed by atoms with Gasteiger partial charge in [-0.2, -0.15) is 18.3 Å². The molecule has 1 aromatic rings. The van der Waals surface area contributed by atoms with E-state index >= 15 is 0 Å². The van der Waals surface area contributed by atoms with Crippen LogP contribution in [0.25, 0.3) is 0 Å². The summed E-state index contributed by atoms with van der Waals surface area (Å²) in [6.07, 6.45) is -5.02. The summed E-state index contributed by atoms with van der Waals surface area (Å²) in [6.45, 7) is -0.669. The number of carbonyl (C=O) groups is 1. The zero-order valence-electron chi connectivity index (χ0n) is 8.14. The average molecular weight is 253 g/mol. The summed E-state index contributed by atoms with van der Waals surface area (Å²) in [7, 11) is 0. The lowest BCUT2D eigenvalue weighted by Gasteiger charge is -2.04. The molecule has 7 nitrogen and oxygen atoms in total. The predicted octanol–water partition coefficient (Wildman–Crippen LogP) is 1.44. The third kappa shape index (κ3) is 3.43. The Bertz CT molecular complexity index is 422. The first-order chi connectivity index (χ1) is 7.70. The van der Waals surface area contributed by atoms with Crippen LogP contribution in [0.3, 0.4) is 0 Å². The number of aromatic nitrogens is 2. The number of hydrogen-bond donors (Lipinski definition) is 1. The van der Waals surface area contributed by atoms with Gasteiger partial charge in [0.25, 0.3) is 0 Å². The van der Waals surface area contributed by atoms with Gasteiger partial charge in [0.05, 0.1) is 11.3 Å². The molecule has 0 amide bonds. The van der Waals surface area contributed by atoms with Crippen molar-refractivity contribution in [2.24, 2.45) is 0 Å². The molecule has 0 saturated carbocycles. The Morgan fingerprint density at radius 2 is 2.18 bits per heavy atom. The molecule has 0 atom stereocenters. The van der Waals surface area contributed by atoms with Gasteiger partial charge in [0.15, 0.2) is 0 Å². The summed E-state index contributed by atoms with van der Waals surface area (Å²) in [5, 5.41) is 22.2. The zero-order chi connectivity index (χ0) is 13.2. The maximum absolute atomic E-state index is 11.9. The van der Waals surface area contributed by atoms with Crippen molar-refractivity contribution in [1.82, 2.24) is 9.78 Å². The SMILES string of the molecule is O=C(O)c1nn(CCC(F)(F)F)cc1[N+](=O)[O-]. The van der Waals surface area contributed by atoms with E-state index in [1.54, 1.807) is 0 Å². The van der Waals surface area contributed by atoms with E-state index in [9.17, 15) is 28.1 Å². The quantitative estimate of drug-likeness (QED) is 0.646. The standard InChI is InChI=1S/C7H6F3N3O4/c8-7(9,10)1-2-12-3-4(13(16)17)5(11-12)6(14)15/h3H,1-2H2,(H,14,15). The molecule has 0 aliphatic rings. The first kappa shape index (κ1) is 12.9. The molecule has 0 aromatic carbocycles. The van der Waals surface area contributed by atoms with Crippen molar-refractivity contribution < 1.29 is 28.0 Å². The minimum absolute atomic E-state index is 0.592. The number of aryl methyl sites for hydroxylation is 1. The maximum atomic E-state index is 11.9. The number of halogens is 3. The molecular weight excluding hydrogens is 247 g/mol. The Morgan fingerprint density at radius 1 is 1.59 bits per heavy atom. The Hall–Kier alpha value is -2.13. The van der Waals surface area contributed by atoms with Gasteiger partial charge in [0.1, 0.15) is 6.20 Å². The molecule has 0 aliphatic heterocycles. The molecule has 0 aliphatic carbocycles. The zero-order valence-corrected chi connectivity index (χ0v) is 8.14. The van der Waals surface area contributed by atoms with Crippen LogP contribution in [0, 0.1) is 10.1 Å². The normalized spacial score (nSPS) is 11.5. The lowest BCUT2D eigenvalue weighted by atomic mass is 10.4. The van der Waals surface area contributed by atoms with Gasteiger partial charge in [0, 0.05) is 6.54 Å². The first-order valence-corrected chi connectivity index (χ1v) is 4.22. The summed E-state index contributed by atoms with van der Waals surface area (Å²) in [6, 6.07) is 0. The number of aromatic carboxylic acids is 1. The molecule has 94 valence electrons. The minimum Gasteiger partial charge on any atom is -0.476 e. The van der Waals surface area contributed by atoms with Crippen LogP contribution in [0.15, 0.2) is 6.20 Å². The van der Waals surface area contributed by atoms with Crippen LogP contribution in [-0.4, -0.2) is 32.0 Å². The van der Waals surface area contributed by atoms with Crippen LogP contribution in [0.1, 0.15) is 16.9 Å². The van der Waals surface area contributed by atoms with Crippen molar-refractivity contribution in [3.8, 4) is 0 Å². The van der Waals surface area contributed by atoms with Gasteiger partial charge in [0.2, 0.25) is 5.69 Å². The lowest BCUT2D eigenvalue weighted by Crippen LogP contribution is -2.13. The van der Waals surface area contributed by atoms with Crippen molar-refractivity contribution in [3.63, 3.8) is 0 Å². The fourth-order valence-corrected chi connectivity index (χ4v) is 1.05. The van der Waals surface area contributed by atoms with Crippen LogP contribution in [-0.2, 0) is 6.54 Å². The van der Waals surface area contributed by atoms with Gasteiger partial charge in [-0.25, -0.2) is 4.79 Å². The summed E-state index contributed by atoms with van der Waals surface area (Å²) in [5.41, 5.74) is -1.71. The van der Waals surface area contributed by atoms with Crippen molar-refractivity contribution in [1.29, 1.82) is 0 Å². The largest absolute Gasteiger partial charge is 0.476 e. The molecule has 0 radical (unpaired) electrons. The van der Waals surface area contributed by atoms with E-state index in [0.29, 0.717) is 10.9 Å². The van der Waals surface area contributed by atoms with Crippen molar-refractivity contribution >= 4 is 11.7 Å². The smallest absolute Gasteiger partial charge is 0.390 e. The van der Waals surface area contributed by atoms with Gasteiger partial charge < -0.3 is 5.11 Å². The Balaban J connectivity index is 2.93. The molecule has 1 heterocycles. The van der Waals surface area contributed by atoms with E-state index in [-0.39, 0.29) is 0 Å². The highest BCUT2D eigenvalue weighted by molar-refractivity contribution is 5.89. The second kappa shape index (κ2) is 4.39. The number of nitrogens with zero attached hydrogens (tertiary/aromatic N) is 3. The van der Waals surface area contributed by atoms with E-state index in [2.05, 4.69) is 5.10 Å². The van der Waals surface area contributed by atoms with Gasteiger partial charge in [-0.15, -0.1) is 0 Å². The van der Waals surface area contributed by atoms with Gasteiger partial charge >= 0.3 is 17.8 Å². The number of carboxylic acids is 1. The topological polar surface area (TPSA) is 98.3 Å². The molecule has 1 aromatic heterocycles. The molecule has 0 spiro atoms. The maximum Gasteiger partial charge on any atom is 0.390 e. The van der Waals surface area contributed by atoms with Crippen LogP contribution >= 0.6 is 0 Å². The van der Waals surface area contributed by atoms with Crippen molar-refractivity contribution in [2.45, 2.75) is 19.1 Å². The van der Waals surface area contributed by atoms with E-state index in [0.717, 1.165) is 0 Å². The molecule has 17 heavy (non-hydrogen) atoms. The molecule has 1 N–H and O–H groups in total. The fraction of sp³-hybridized carbons (Fsp3) is 0.429. The summed E-state index contributed by atoms with van der Waals surface area (Å²) in [4.78, 5) is 19.9. The molecule has 0 saturated heterocycles. The van der Waals surface area contributed by atoms with Crippen molar-refractivity contribution in [3.05, 3.63) is 22.0 Å². The van der Waals surface area contributed by atoms with E-state index in [1.807, 2.05) is 0 Å². The molecule has 10 heteroatoms. The van der Waals surface area contributed by atoms with Crippen LogP contribution in [0.5, 0.6) is 0 Å². The molecule has 0 fully saturated rings. The number of carboxylic acid groups (broad SMARTS) is 1. The van der Waals surface area contributed by atoms with Crippen molar-refractivity contribution in [2.75, 3.05) is 0 Å². The second-order valence-corrected chi connectivity index (χ2v) is 3.05. The molecular formula is C7H6F3N3O4. The molecule has 0 bridgehead atoms. The van der Waals surface area contributed by atoms with Gasteiger partial charge in [-0.05, 0) is 0 Å². The molecule has 1 rings (SSSR count). The fourth-order valence-electron chi connectivity index (χ4n) is 1.05. The third-order valence-electron chi connectivity index (χ3n) is 1.77. The number of hydrogen-bond acceptors (Lipinski definition) is 4. The summed E-state index contributed by atoms with van der Waals surface area (Å²) in [5.74, 6) is -1.66. The highest BCUT2D eigenvalue weighted by atomic mass is 19.4. The lowest BCUT2D eigenvalue weighted by molar-refractivity contribution is -0.385. The van der Waals surface area contributed by atoms with Crippen LogP contribution in [0.2, 0.25) is 0 Å². The summed E-state index contributed by atoms with van der Waals surface area (Å²) < 4.78 is 36.2. The van der Waals surface area contributed by atoms with E-state index in [1.165, 1.54) is 0 Å². The number of nitro groups is 1. The third-order valence-corrected chi connectivity index (χ3v) is 1.77. The van der Waals surface area contributed by atoms with E-state index in [4.69, 9.17) is 5.11 Å². The Labute approximate surface area is 91.6 Å². The highest BCUT2D eigenvalue weighted by Gasteiger charge is 2.29.